The quantitative estimate of drug-likeness (QED) is 0.656. The van der Waals surface area contributed by atoms with Gasteiger partial charge in [0.05, 0.1) is 0 Å². The molecule has 1 aromatic heterocycles. The molecule has 3 nitrogen and oxygen atoms in total. The van der Waals surface area contributed by atoms with Crippen molar-refractivity contribution in [3.05, 3.63) is 36.0 Å². The van der Waals surface area contributed by atoms with Crippen LogP contribution in [0.25, 0.3) is 10.9 Å². The fourth-order valence-corrected chi connectivity index (χ4v) is 2.05. The highest BCUT2D eigenvalue weighted by Crippen LogP contribution is 2.13. The zero-order chi connectivity index (χ0) is 12.8. The number of aromatic amines is 1. The van der Waals surface area contributed by atoms with Crippen LogP contribution in [0.5, 0.6) is 0 Å². The predicted octanol–water partition coefficient (Wildman–Crippen LogP) is 2.65. The molecule has 0 bridgehead atoms. The molecule has 3 heteroatoms. The summed E-state index contributed by atoms with van der Waals surface area (Å²) >= 11 is 0. The van der Waals surface area contributed by atoms with E-state index >= 15 is 0 Å². The molecule has 0 aliphatic rings. The van der Waals surface area contributed by atoms with Crippen molar-refractivity contribution in [1.29, 1.82) is 0 Å². The Morgan fingerprint density at radius 1 is 1.17 bits per heavy atom. The average Bonchev–Trinajstić information content (AvgIpc) is 2.80. The lowest BCUT2D eigenvalue weighted by Crippen LogP contribution is -2.26. The Morgan fingerprint density at radius 2 is 2.06 bits per heavy atom. The summed E-state index contributed by atoms with van der Waals surface area (Å²) in [4.78, 5) is 3.21. The second-order valence-electron chi connectivity index (χ2n) is 5.04. The van der Waals surface area contributed by atoms with Gasteiger partial charge in [0, 0.05) is 24.3 Å². The first kappa shape index (κ1) is 13.1. The van der Waals surface area contributed by atoms with Crippen LogP contribution in [0.15, 0.2) is 30.5 Å². The van der Waals surface area contributed by atoms with Gasteiger partial charge in [-0.2, -0.15) is 0 Å². The van der Waals surface area contributed by atoms with E-state index in [0.717, 1.165) is 19.6 Å². The van der Waals surface area contributed by atoms with Gasteiger partial charge in [0.15, 0.2) is 0 Å². The number of hydrogen-bond donors (Lipinski definition) is 3. The smallest absolute Gasteiger partial charge is 0.0454 e. The largest absolute Gasteiger partial charge is 0.361 e. The van der Waals surface area contributed by atoms with Crippen LogP contribution in [-0.4, -0.2) is 24.1 Å². The molecular formula is C15H23N3. The summed E-state index contributed by atoms with van der Waals surface area (Å²) in [6.07, 6.45) is 3.16. The zero-order valence-electron chi connectivity index (χ0n) is 11.3. The van der Waals surface area contributed by atoms with Crippen molar-refractivity contribution in [3.63, 3.8) is 0 Å². The number of H-pyrrole nitrogens is 1. The molecule has 98 valence electrons. The van der Waals surface area contributed by atoms with Crippen molar-refractivity contribution >= 4 is 10.9 Å². The monoisotopic (exact) mass is 245 g/mol. The van der Waals surface area contributed by atoms with Crippen molar-refractivity contribution in [1.82, 2.24) is 15.6 Å². The van der Waals surface area contributed by atoms with Crippen molar-refractivity contribution < 1.29 is 0 Å². The highest BCUT2D eigenvalue weighted by atomic mass is 14.9. The molecule has 0 amide bonds. The lowest BCUT2D eigenvalue weighted by atomic mass is 10.1. The Bertz CT molecular complexity index is 473. The van der Waals surface area contributed by atoms with Crippen molar-refractivity contribution in [3.8, 4) is 0 Å². The second-order valence-corrected chi connectivity index (χ2v) is 5.04. The number of hydrogen-bond acceptors (Lipinski definition) is 2. The Kier molecular flexibility index (Phi) is 4.79. The number of benzene rings is 1. The van der Waals surface area contributed by atoms with E-state index < -0.39 is 0 Å². The first-order valence-corrected chi connectivity index (χ1v) is 6.76. The molecule has 2 aromatic rings. The van der Waals surface area contributed by atoms with E-state index in [4.69, 9.17) is 0 Å². The SMILES string of the molecule is CC(C)NCCCNCc1ccc2[nH]ccc2c1. The van der Waals surface area contributed by atoms with Gasteiger partial charge < -0.3 is 15.6 Å². The third-order valence-corrected chi connectivity index (χ3v) is 3.03. The first-order valence-electron chi connectivity index (χ1n) is 6.76. The molecule has 0 fully saturated rings. The first-order chi connectivity index (χ1) is 8.75. The molecule has 0 spiro atoms. The molecule has 0 saturated carbocycles. The highest BCUT2D eigenvalue weighted by molar-refractivity contribution is 5.79. The summed E-state index contributed by atoms with van der Waals surface area (Å²) in [5.74, 6) is 0. The molecule has 2 rings (SSSR count). The van der Waals surface area contributed by atoms with Crippen LogP contribution in [0.2, 0.25) is 0 Å². The zero-order valence-corrected chi connectivity index (χ0v) is 11.3. The topological polar surface area (TPSA) is 39.8 Å². The highest BCUT2D eigenvalue weighted by Gasteiger charge is 1.97. The molecule has 1 heterocycles. The maximum Gasteiger partial charge on any atom is 0.0454 e. The van der Waals surface area contributed by atoms with E-state index in [1.807, 2.05) is 6.20 Å². The normalized spacial score (nSPS) is 11.5. The van der Waals surface area contributed by atoms with Gasteiger partial charge in [-0.25, -0.2) is 0 Å². The Morgan fingerprint density at radius 3 is 2.89 bits per heavy atom. The fourth-order valence-electron chi connectivity index (χ4n) is 2.05. The molecule has 18 heavy (non-hydrogen) atoms. The van der Waals surface area contributed by atoms with E-state index in [1.165, 1.54) is 22.9 Å². The standard InChI is InChI=1S/C15H23N3/c1-12(2)17-8-3-7-16-11-13-4-5-15-14(10-13)6-9-18-15/h4-6,9-10,12,16-18H,3,7-8,11H2,1-2H3. The molecule has 0 radical (unpaired) electrons. The molecule has 1 aromatic carbocycles. The fraction of sp³-hybridized carbons (Fsp3) is 0.467. The summed E-state index contributed by atoms with van der Waals surface area (Å²) in [5.41, 5.74) is 2.55. The predicted molar refractivity (Wildman–Crippen MR) is 77.8 cm³/mol. The minimum absolute atomic E-state index is 0.584. The van der Waals surface area contributed by atoms with E-state index in [-0.39, 0.29) is 0 Å². The molecule has 0 aliphatic heterocycles. The minimum Gasteiger partial charge on any atom is -0.361 e. The number of fused-ring (bicyclic) bond motifs is 1. The summed E-state index contributed by atoms with van der Waals surface area (Å²) in [7, 11) is 0. The second kappa shape index (κ2) is 6.57. The van der Waals surface area contributed by atoms with Gasteiger partial charge >= 0.3 is 0 Å². The third-order valence-electron chi connectivity index (χ3n) is 3.03. The van der Waals surface area contributed by atoms with Gasteiger partial charge in [-0.15, -0.1) is 0 Å². The van der Waals surface area contributed by atoms with Crippen molar-refractivity contribution in [2.24, 2.45) is 0 Å². The van der Waals surface area contributed by atoms with Crippen LogP contribution in [0, 0.1) is 0 Å². The Hall–Kier alpha value is -1.32. The molecule has 0 unspecified atom stereocenters. The lowest BCUT2D eigenvalue weighted by Gasteiger charge is -2.08. The van der Waals surface area contributed by atoms with Crippen LogP contribution in [0.1, 0.15) is 25.8 Å². The molecular weight excluding hydrogens is 222 g/mol. The van der Waals surface area contributed by atoms with Gasteiger partial charge in [0.2, 0.25) is 0 Å². The molecule has 3 N–H and O–H groups in total. The van der Waals surface area contributed by atoms with Gasteiger partial charge in [0.25, 0.3) is 0 Å². The maximum atomic E-state index is 3.48. The molecule has 0 aliphatic carbocycles. The third kappa shape index (κ3) is 3.86. The summed E-state index contributed by atoms with van der Waals surface area (Å²) in [6, 6.07) is 9.27. The Balaban J connectivity index is 1.70. The van der Waals surface area contributed by atoms with Crippen LogP contribution >= 0.6 is 0 Å². The lowest BCUT2D eigenvalue weighted by molar-refractivity contribution is 0.547. The van der Waals surface area contributed by atoms with E-state index in [1.54, 1.807) is 0 Å². The van der Waals surface area contributed by atoms with E-state index in [2.05, 4.69) is 53.7 Å². The number of nitrogens with one attached hydrogen (secondary N) is 3. The van der Waals surface area contributed by atoms with Gasteiger partial charge in [0.1, 0.15) is 0 Å². The Labute approximate surface area is 109 Å². The van der Waals surface area contributed by atoms with Gasteiger partial charge in [-0.3, -0.25) is 0 Å². The summed E-state index contributed by atoms with van der Waals surface area (Å²) < 4.78 is 0. The summed E-state index contributed by atoms with van der Waals surface area (Å²) in [5, 5.41) is 8.19. The van der Waals surface area contributed by atoms with Crippen molar-refractivity contribution in [2.45, 2.75) is 32.9 Å². The minimum atomic E-state index is 0.584. The van der Waals surface area contributed by atoms with Crippen molar-refractivity contribution in [2.75, 3.05) is 13.1 Å². The van der Waals surface area contributed by atoms with Gasteiger partial charge in [-0.05, 0) is 48.7 Å². The molecule has 0 saturated heterocycles. The maximum absolute atomic E-state index is 3.48. The number of rotatable bonds is 7. The van der Waals surface area contributed by atoms with E-state index in [0.29, 0.717) is 6.04 Å². The molecule has 0 atom stereocenters. The number of aromatic nitrogens is 1. The van der Waals surface area contributed by atoms with Crippen LogP contribution in [0.3, 0.4) is 0 Å². The summed E-state index contributed by atoms with van der Waals surface area (Å²) in [6.45, 7) is 7.45. The average molecular weight is 245 g/mol. The van der Waals surface area contributed by atoms with Crippen LogP contribution < -0.4 is 10.6 Å². The van der Waals surface area contributed by atoms with Crippen LogP contribution in [0.4, 0.5) is 0 Å². The van der Waals surface area contributed by atoms with Gasteiger partial charge in [-0.1, -0.05) is 19.9 Å². The van der Waals surface area contributed by atoms with Crippen LogP contribution in [-0.2, 0) is 6.54 Å². The van der Waals surface area contributed by atoms with E-state index in [9.17, 15) is 0 Å².